The van der Waals surface area contributed by atoms with Crippen LogP contribution >= 0.6 is 0 Å². The van der Waals surface area contributed by atoms with Crippen LogP contribution in [0.4, 0.5) is 11.5 Å². The van der Waals surface area contributed by atoms with Crippen LogP contribution in [-0.4, -0.2) is 14.4 Å². The predicted octanol–water partition coefficient (Wildman–Crippen LogP) is 4.91. The fourth-order valence-electron chi connectivity index (χ4n) is 2.70. The summed E-state index contributed by atoms with van der Waals surface area (Å²) in [5, 5.41) is 9.91. The van der Waals surface area contributed by atoms with Gasteiger partial charge in [0.2, 0.25) is 0 Å². The van der Waals surface area contributed by atoms with Gasteiger partial charge in [0.15, 0.2) is 5.82 Å². The minimum absolute atomic E-state index is 0.747. The quantitative estimate of drug-likeness (QED) is 0.494. The van der Waals surface area contributed by atoms with Gasteiger partial charge < -0.3 is 0 Å². The number of azo groups is 1. The molecule has 0 bridgehead atoms. The van der Waals surface area contributed by atoms with Crippen molar-refractivity contribution in [3.63, 3.8) is 0 Å². The Kier molecular flexibility index (Phi) is 3.12. The Morgan fingerprint density at radius 2 is 1.83 bits per heavy atom. The van der Waals surface area contributed by atoms with E-state index in [0.717, 1.165) is 39.3 Å². The molecule has 0 spiro atoms. The Bertz CT molecular complexity index is 1040. The number of hydrogen-bond acceptors (Lipinski definition) is 4. The van der Waals surface area contributed by atoms with Gasteiger partial charge in [0.1, 0.15) is 11.3 Å². The second-order valence-electron chi connectivity index (χ2n) is 5.46. The number of aromatic nitrogens is 3. The zero-order chi connectivity index (χ0) is 15.8. The largest absolute Gasteiger partial charge is 0.283 e. The van der Waals surface area contributed by atoms with Crippen LogP contribution < -0.4 is 0 Å². The summed E-state index contributed by atoms with van der Waals surface area (Å²) in [6, 6.07) is 13.9. The third kappa shape index (κ3) is 2.26. The fourth-order valence-corrected chi connectivity index (χ4v) is 2.70. The zero-order valence-corrected chi connectivity index (χ0v) is 12.9. The van der Waals surface area contributed by atoms with Gasteiger partial charge in [-0.05, 0) is 37.6 Å². The van der Waals surface area contributed by atoms with Gasteiger partial charge in [0.25, 0.3) is 0 Å². The van der Waals surface area contributed by atoms with E-state index >= 15 is 0 Å². The van der Waals surface area contributed by atoms with Gasteiger partial charge in [-0.25, -0.2) is 4.98 Å². The first-order chi connectivity index (χ1) is 11.2. The van der Waals surface area contributed by atoms with Crippen LogP contribution in [0.3, 0.4) is 0 Å². The van der Waals surface area contributed by atoms with Crippen LogP contribution in [0.2, 0.25) is 0 Å². The van der Waals surface area contributed by atoms with Gasteiger partial charge in [-0.1, -0.05) is 24.3 Å². The number of nitrogens with zero attached hydrogens (tertiary/aromatic N) is 5. The van der Waals surface area contributed by atoms with E-state index in [-0.39, 0.29) is 0 Å². The lowest BCUT2D eigenvalue weighted by molar-refractivity contribution is 1.09. The summed E-state index contributed by atoms with van der Waals surface area (Å²) in [4.78, 5) is 8.98. The second kappa shape index (κ2) is 5.28. The van der Waals surface area contributed by atoms with E-state index in [1.807, 2.05) is 66.9 Å². The number of hydrogen-bond donors (Lipinski definition) is 0. The van der Waals surface area contributed by atoms with Gasteiger partial charge in [-0.3, -0.25) is 9.38 Å². The molecule has 0 radical (unpaired) electrons. The molecule has 3 aromatic heterocycles. The van der Waals surface area contributed by atoms with Gasteiger partial charge in [0.05, 0.1) is 11.2 Å². The Balaban J connectivity index is 1.85. The van der Waals surface area contributed by atoms with Crippen LogP contribution in [0, 0.1) is 13.8 Å². The summed E-state index contributed by atoms with van der Waals surface area (Å²) in [6.45, 7) is 3.99. The third-order valence-corrected chi connectivity index (χ3v) is 3.85. The molecule has 112 valence electrons. The lowest BCUT2D eigenvalue weighted by Gasteiger charge is -2.00. The Morgan fingerprint density at radius 1 is 0.957 bits per heavy atom. The number of imidazole rings is 1. The molecule has 23 heavy (non-hydrogen) atoms. The molecule has 0 amide bonds. The molecule has 0 aliphatic rings. The summed E-state index contributed by atoms with van der Waals surface area (Å²) in [5.74, 6) is 0.747. The minimum atomic E-state index is 0.747. The summed E-state index contributed by atoms with van der Waals surface area (Å²) in [7, 11) is 0. The molecule has 0 atom stereocenters. The van der Waals surface area contributed by atoms with Crippen molar-refractivity contribution in [3.8, 4) is 0 Å². The molecular weight excluding hydrogens is 286 g/mol. The van der Waals surface area contributed by atoms with Crippen LogP contribution in [0.25, 0.3) is 16.6 Å². The normalized spacial score (nSPS) is 11.7. The highest BCUT2D eigenvalue weighted by Gasteiger charge is 2.09. The summed E-state index contributed by atoms with van der Waals surface area (Å²) >= 11 is 0. The van der Waals surface area contributed by atoms with E-state index in [0.29, 0.717) is 0 Å². The first-order valence-electron chi connectivity index (χ1n) is 7.44. The highest BCUT2D eigenvalue weighted by molar-refractivity contribution is 5.88. The van der Waals surface area contributed by atoms with Gasteiger partial charge in [-0.15, -0.1) is 10.2 Å². The number of rotatable bonds is 2. The third-order valence-electron chi connectivity index (χ3n) is 3.85. The van der Waals surface area contributed by atoms with E-state index in [9.17, 15) is 0 Å². The molecule has 0 aliphatic heterocycles. The topological polar surface area (TPSA) is 54.9 Å². The predicted molar refractivity (Wildman–Crippen MR) is 90.6 cm³/mol. The first-order valence-corrected chi connectivity index (χ1v) is 7.44. The van der Waals surface area contributed by atoms with Gasteiger partial charge >= 0.3 is 0 Å². The van der Waals surface area contributed by atoms with E-state index in [1.165, 1.54) is 0 Å². The lowest BCUT2D eigenvalue weighted by atomic mass is 10.2. The first kappa shape index (κ1) is 13.6. The molecular formula is C18H15N5. The molecule has 0 aliphatic carbocycles. The Labute approximate surface area is 133 Å². The molecule has 3 heterocycles. The molecule has 0 saturated carbocycles. The van der Waals surface area contributed by atoms with Crippen molar-refractivity contribution in [1.29, 1.82) is 0 Å². The Hall–Kier alpha value is -3.08. The second-order valence-corrected chi connectivity index (χ2v) is 5.46. The number of aryl methyl sites for hydroxylation is 2. The van der Waals surface area contributed by atoms with E-state index in [4.69, 9.17) is 0 Å². The summed E-state index contributed by atoms with van der Waals surface area (Å²) in [5.41, 5.74) is 4.49. The average molecular weight is 301 g/mol. The van der Waals surface area contributed by atoms with Crippen molar-refractivity contribution >= 4 is 28.1 Å². The van der Waals surface area contributed by atoms with Crippen LogP contribution in [0.15, 0.2) is 65.1 Å². The Morgan fingerprint density at radius 3 is 2.74 bits per heavy atom. The molecule has 4 aromatic rings. The smallest absolute Gasteiger partial charge is 0.182 e. The minimum Gasteiger partial charge on any atom is -0.283 e. The number of fused-ring (bicyclic) bond motifs is 2. The van der Waals surface area contributed by atoms with Gasteiger partial charge in [0, 0.05) is 17.8 Å². The number of pyridine rings is 2. The molecule has 1 aromatic carbocycles. The average Bonchev–Trinajstić information content (AvgIpc) is 2.90. The SMILES string of the molecule is Cc1nc2c(C)cccn2c1N=Nc1cccc2cccnc12. The van der Waals surface area contributed by atoms with E-state index in [2.05, 4.69) is 20.2 Å². The maximum Gasteiger partial charge on any atom is 0.182 e. The van der Waals surface area contributed by atoms with Gasteiger partial charge in [-0.2, -0.15) is 0 Å². The van der Waals surface area contributed by atoms with Crippen molar-refractivity contribution in [3.05, 3.63) is 66.1 Å². The summed E-state index contributed by atoms with van der Waals surface area (Å²) < 4.78 is 1.97. The lowest BCUT2D eigenvalue weighted by Crippen LogP contribution is -1.85. The van der Waals surface area contributed by atoms with Crippen molar-refractivity contribution in [2.45, 2.75) is 13.8 Å². The molecule has 0 N–H and O–H groups in total. The van der Waals surface area contributed by atoms with E-state index in [1.54, 1.807) is 6.20 Å². The number of benzene rings is 1. The van der Waals surface area contributed by atoms with Crippen LogP contribution in [0.5, 0.6) is 0 Å². The fraction of sp³-hybridized carbons (Fsp3) is 0.111. The summed E-state index contributed by atoms with van der Waals surface area (Å²) in [6.07, 6.45) is 3.72. The highest BCUT2D eigenvalue weighted by Crippen LogP contribution is 2.28. The highest BCUT2D eigenvalue weighted by atomic mass is 15.2. The maximum absolute atomic E-state index is 4.58. The molecule has 5 nitrogen and oxygen atoms in total. The van der Waals surface area contributed by atoms with Crippen molar-refractivity contribution in [1.82, 2.24) is 14.4 Å². The number of para-hydroxylation sites is 1. The van der Waals surface area contributed by atoms with Crippen LogP contribution in [-0.2, 0) is 0 Å². The van der Waals surface area contributed by atoms with Crippen molar-refractivity contribution in [2.75, 3.05) is 0 Å². The van der Waals surface area contributed by atoms with Crippen LogP contribution in [0.1, 0.15) is 11.3 Å². The standard InChI is InChI=1S/C18H15N5/c1-12-6-5-11-23-17(12)20-13(2)18(23)22-21-15-9-3-7-14-8-4-10-19-16(14)15/h3-11H,1-2H3. The molecule has 0 saturated heterocycles. The molecule has 0 unspecified atom stereocenters. The monoisotopic (exact) mass is 301 g/mol. The van der Waals surface area contributed by atoms with E-state index < -0.39 is 0 Å². The molecule has 4 rings (SSSR count). The van der Waals surface area contributed by atoms with Crippen molar-refractivity contribution < 1.29 is 0 Å². The molecule has 5 heteroatoms. The molecule has 0 fully saturated rings. The maximum atomic E-state index is 4.58. The zero-order valence-electron chi connectivity index (χ0n) is 12.9. The van der Waals surface area contributed by atoms with Crippen molar-refractivity contribution in [2.24, 2.45) is 10.2 Å².